The number of hydrogen-bond acceptors (Lipinski definition) is 6. The van der Waals surface area contributed by atoms with Gasteiger partial charge < -0.3 is 19.5 Å². The van der Waals surface area contributed by atoms with Crippen LogP contribution in [0.15, 0.2) is 0 Å². The molecular formula is C15H29NO5. The lowest BCUT2D eigenvalue weighted by Gasteiger charge is -2.14. The van der Waals surface area contributed by atoms with Crippen molar-refractivity contribution in [1.82, 2.24) is 4.90 Å². The molecule has 0 aromatic carbocycles. The van der Waals surface area contributed by atoms with Crippen molar-refractivity contribution >= 4 is 11.9 Å². The van der Waals surface area contributed by atoms with Crippen molar-refractivity contribution in [2.24, 2.45) is 0 Å². The summed E-state index contributed by atoms with van der Waals surface area (Å²) in [6.07, 6.45) is 3.98. The summed E-state index contributed by atoms with van der Waals surface area (Å²) < 4.78 is 9.94. The van der Waals surface area contributed by atoms with Gasteiger partial charge in [0.25, 0.3) is 0 Å². The minimum Gasteiger partial charge on any atom is -0.462 e. The van der Waals surface area contributed by atoms with Gasteiger partial charge >= 0.3 is 11.9 Å². The molecule has 6 nitrogen and oxygen atoms in total. The van der Waals surface area contributed by atoms with Crippen molar-refractivity contribution in [3.05, 3.63) is 0 Å². The van der Waals surface area contributed by atoms with E-state index in [1.165, 1.54) is 0 Å². The molecule has 0 bridgehead atoms. The molecule has 0 saturated heterocycles. The van der Waals surface area contributed by atoms with Gasteiger partial charge in [-0.05, 0) is 32.9 Å². The van der Waals surface area contributed by atoms with E-state index in [9.17, 15) is 9.59 Å². The lowest BCUT2D eigenvalue weighted by atomic mass is 10.2. The summed E-state index contributed by atoms with van der Waals surface area (Å²) >= 11 is 0. The maximum Gasteiger partial charge on any atom is 0.307 e. The molecule has 0 saturated carbocycles. The summed E-state index contributed by atoms with van der Waals surface area (Å²) in [7, 11) is 1.97. The van der Waals surface area contributed by atoms with Gasteiger partial charge in [0.1, 0.15) is 13.2 Å². The van der Waals surface area contributed by atoms with Crippen molar-refractivity contribution in [1.29, 1.82) is 0 Å². The Bertz CT molecular complexity index is 283. The number of rotatable bonds is 13. The lowest BCUT2D eigenvalue weighted by molar-refractivity contribution is -0.152. The van der Waals surface area contributed by atoms with E-state index < -0.39 is 0 Å². The lowest BCUT2D eigenvalue weighted by Crippen LogP contribution is -2.24. The molecule has 0 heterocycles. The average molecular weight is 303 g/mol. The van der Waals surface area contributed by atoms with Crippen molar-refractivity contribution < 1.29 is 24.2 Å². The zero-order chi connectivity index (χ0) is 15.9. The van der Waals surface area contributed by atoms with Crippen LogP contribution >= 0.6 is 0 Å². The van der Waals surface area contributed by atoms with E-state index >= 15 is 0 Å². The minimum atomic E-state index is -0.285. The summed E-state index contributed by atoms with van der Waals surface area (Å²) in [5, 5.41) is 8.60. The molecule has 0 spiro atoms. The number of aliphatic hydroxyl groups excluding tert-OH is 1. The quantitative estimate of drug-likeness (QED) is 0.409. The average Bonchev–Trinajstić information content (AvgIpc) is 2.46. The summed E-state index contributed by atoms with van der Waals surface area (Å²) in [5.41, 5.74) is 0. The largest absolute Gasteiger partial charge is 0.462 e. The molecule has 124 valence electrons. The van der Waals surface area contributed by atoms with Crippen LogP contribution in [0.25, 0.3) is 0 Å². The number of aliphatic hydroxyl groups is 1. The number of carbonyl (C=O) groups excluding carboxylic acids is 2. The van der Waals surface area contributed by atoms with Gasteiger partial charge in [0, 0.05) is 19.6 Å². The Balaban J connectivity index is 3.44. The number of carbonyl (C=O) groups is 2. The molecule has 6 heteroatoms. The molecule has 1 N–H and O–H groups in total. The summed E-state index contributed by atoms with van der Waals surface area (Å²) in [4.78, 5) is 24.8. The SMILES string of the molecule is CCCN(C)CCC(=O)OCCOC(=O)CCCCCO. The second-order valence-corrected chi connectivity index (χ2v) is 5.03. The van der Waals surface area contributed by atoms with E-state index in [0.717, 1.165) is 19.4 Å². The van der Waals surface area contributed by atoms with Crippen LogP contribution in [0.5, 0.6) is 0 Å². The molecule has 0 aliphatic rings. The second kappa shape index (κ2) is 13.8. The van der Waals surface area contributed by atoms with Crippen molar-refractivity contribution in [2.45, 2.75) is 45.4 Å². The van der Waals surface area contributed by atoms with E-state index in [-0.39, 0.29) is 31.8 Å². The predicted octanol–water partition coefficient (Wildman–Crippen LogP) is 1.36. The Morgan fingerprint density at radius 1 is 0.952 bits per heavy atom. The van der Waals surface area contributed by atoms with E-state index in [2.05, 4.69) is 11.8 Å². The van der Waals surface area contributed by atoms with Crippen LogP contribution in [-0.4, -0.2) is 61.9 Å². The topological polar surface area (TPSA) is 76.1 Å². The monoisotopic (exact) mass is 303 g/mol. The molecule has 0 aliphatic heterocycles. The fourth-order valence-electron chi connectivity index (χ4n) is 1.79. The molecule has 0 rings (SSSR count). The van der Waals surface area contributed by atoms with Gasteiger partial charge in [0.05, 0.1) is 6.42 Å². The highest BCUT2D eigenvalue weighted by molar-refractivity contribution is 5.70. The minimum absolute atomic E-state index is 0.107. The fraction of sp³-hybridized carbons (Fsp3) is 0.867. The van der Waals surface area contributed by atoms with E-state index in [0.29, 0.717) is 32.2 Å². The highest BCUT2D eigenvalue weighted by Crippen LogP contribution is 2.00. The van der Waals surface area contributed by atoms with Gasteiger partial charge in [0.2, 0.25) is 0 Å². The molecule has 0 aromatic heterocycles. The van der Waals surface area contributed by atoms with E-state index in [1.54, 1.807) is 0 Å². The number of ether oxygens (including phenoxy) is 2. The normalized spacial score (nSPS) is 10.7. The van der Waals surface area contributed by atoms with Gasteiger partial charge in [-0.25, -0.2) is 0 Å². The Labute approximate surface area is 127 Å². The number of hydrogen-bond donors (Lipinski definition) is 1. The number of unbranched alkanes of at least 4 members (excludes halogenated alkanes) is 2. The van der Waals surface area contributed by atoms with Gasteiger partial charge in [-0.3, -0.25) is 9.59 Å². The van der Waals surface area contributed by atoms with Crippen molar-refractivity contribution in [3.8, 4) is 0 Å². The molecule has 0 unspecified atom stereocenters. The standard InChI is InChI=1S/C15H29NO5/c1-3-9-16(2)10-8-15(19)21-13-12-20-14(18)7-5-4-6-11-17/h17H,3-13H2,1-2H3. The highest BCUT2D eigenvalue weighted by Gasteiger charge is 2.06. The summed E-state index contributed by atoms with van der Waals surface area (Å²) in [6.45, 7) is 4.10. The van der Waals surface area contributed by atoms with Crippen LogP contribution < -0.4 is 0 Å². The zero-order valence-corrected chi connectivity index (χ0v) is 13.3. The summed E-state index contributed by atoms with van der Waals surface area (Å²) in [5.74, 6) is -0.552. The van der Waals surface area contributed by atoms with Crippen LogP contribution in [-0.2, 0) is 19.1 Å². The first-order valence-corrected chi connectivity index (χ1v) is 7.70. The van der Waals surface area contributed by atoms with Crippen LogP contribution in [0.3, 0.4) is 0 Å². The zero-order valence-electron chi connectivity index (χ0n) is 13.3. The molecule has 0 aliphatic carbocycles. The third kappa shape index (κ3) is 13.6. The number of esters is 2. The van der Waals surface area contributed by atoms with Gasteiger partial charge in [-0.1, -0.05) is 13.3 Å². The second-order valence-electron chi connectivity index (χ2n) is 5.03. The maximum atomic E-state index is 11.4. The maximum absolute atomic E-state index is 11.4. The molecule has 0 radical (unpaired) electrons. The molecular weight excluding hydrogens is 274 g/mol. The van der Waals surface area contributed by atoms with Crippen LogP contribution in [0.2, 0.25) is 0 Å². The van der Waals surface area contributed by atoms with Gasteiger partial charge in [0.15, 0.2) is 0 Å². The first-order valence-electron chi connectivity index (χ1n) is 7.70. The molecule has 0 amide bonds. The molecule has 0 fully saturated rings. The van der Waals surface area contributed by atoms with Crippen molar-refractivity contribution in [3.63, 3.8) is 0 Å². The molecule has 0 atom stereocenters. The number of nitrogens with zero attached hydrogens (tertiary/aromatic N) is 1. The third-order valence-electron chi connectivity index (χ3n) is 2.95. The summed E-state index contributed by atoms with van der Waals surface area (Å²) in [6, 6.07) is 0. The Kier molecular flexibility index (Phi) is 13.1. The smallest absolute Gasteiger partial charge is 0.307 e. The van der Waals surface area contributed by atoms with Crippen LogP contribution in [0.1, 0.15) is 45.4 Å². The van der Waals surface area contributed by atoms with E-state index in [4.69, 9.17) is 14.6 Å². The Hall–Kier alpha value is -1.14. The van der Waals surface area contributed by atoms with Crippen molar-refractivity contribution in [2.75, 3.05) is 40.0 Å². The Morgan fingerprint density at radius 3 is 2.14 bits per heavy atom. The van der Waals surface area contributed by atoms with Gasteiger partial charge in [-0.15, -0.1) is 0 Å². The third-order valence-corrected chi connectivity index (χ3v) is 2.95. The van der Waals surface area contributed by atoms with E-state index in [1.807, 2.05) is 7.05 Å². The molecule has 0 aromatic rings. The van der Waals surface area contributed by atoms with Gasteiger partial charge in [-0.2, -0.15) is 0 Å². The highest BCUT2D eigenvalue weighted by atomic mass is 16.6. The van der Waals surface area contributed by atoms with Crippen LogP contribution in [0.4, 0.5) is 0 Å². The Morgan fingerprint density at radius 2 is 1.57 bits per heavy atom. The van der Waals surface area contributed by atoms with Crippen LogP contribution in [0, 0.1) is 0 Å². The fourth-order valence-corrected chi connectivity index (χ4v) is 1.79. The molecule has 21 heavy (non-hydrogen) atoms. The first-order chi connectivity index (χ1) is 10.1. The first kappa shape index (κ1) is 19.9. The predicted molar refractivity (Wildman–Crippen MR) is 79.9 cm³/mol.